The van der Waals surface area contributed by atoms with E-state index in [1.165, 1.54) is 12.4 Å². The molecule has 0 aliphatic heterocycles. The van der Waals surface area contributed by atoms with Crippen LogP contribution in [0.25, 0.3) is 0 Å². The monoisotopic (exact) mass is 292 g/mol. The standard InChI is InChI=1S/C10H7N5O4S/c11-7-6(15(18)19)4-5(9(16)17)8(14-7)20-10-12-2-1-3-13-10/h1-4H,(H2,11,14)(H,16,17)/p-1. The Hall–Kier alpha value is -2.75. The Labute approximate surface area is 116 Å². The highest BCUT2D eigenvalue weighted by molar-refractivity contribution is 7.99. The number of rotatable bonds is 4. The smallest absolute Gasteiger partial charge is 0.311 e. The van der Waals surface area contributed by atoms with Crippen molar-refractivity contribution in [3.05, 3.63) is 40.2 Å². The van der Waals surface area contributed by atoms with Gasteiger partial charge in [-0.15, -0.1) is 0 Å². The molecular formula is C10H6N5O4S-. The van der Waals surface area contributed by atoms with Gasteiger partial charge < -0.3 is 15.6 Å². The fraction of sp³-hybridized carbons (Fsp3) is 0. The van der Waals surface area contributed by atoms with Gasteiger partial charge in [0, 0.05) is 24.0 Å². The molecule has 0 aliphatic rings. The van der Waals surface area contributed by atoms with Gasteiger partial charge in [0.15, 0.2) is 5.16 Å². The van der Waals surface area contributed by atoms with Crippen LogP contribution in [0.2, 0.25) is 0 Å². The van der Waals surface area contributed by atoms with E-state index in [1.54, 1.807) is 6.07 Å². The van der Waals surface area contributed by atoms with E-state index in [2.05, 4.69) is 15.0 Å². The Balaban J connectivity index is 2.49. The molecule has 0 spiro atoms. The van der Waals surface area contributed by atoms with Gasteiger partial charge in [-0.25, -0.2) is 15.0 Å². The number of carboxylic acids is 1. The number of nitrogen functional groups attached to an aromatic ring is 1. The van der Waals surface area contributed by atoms with E-state index in [9.17, 15) is 20.0 Å². The average Bonchev–Trinajstić information content (AvgIpc) is 2.39. The summed E-state index contributed by atoms with van der Waals surface area (Å²) in [7, 11) is 0. The van der Waals surface area contributed by atoms with Gasteiger partial charge in [0.2, 0.25) is 5.82 Å². The molecule has 0 saturated carbocycles. The highest BCUT2D eigenvalue weighted by Crippen LogP contribution is 2.31. The molecule has 0 amide bonds. The maximum atomic E-state index is 11.0. The molecule has 10 heteroatoms. The average molecular weight is 292 g/mol. The van der Waals surface area contributed by atoms with E-state index in [4.69, 9.17) is 5.73 Å². The summed E-state index contributed by atoms with van der Waals surface area (Å²) in [6, 6.07) is 2.39. The summed E-state index contributed by atoms with van der Waals surface area (Å²) < 4.78 is 0. The molecule has 9 nitrogen and oxygen atoms in total. The summed E-state index contributed by atoms with van der Waals surface area (Å²) in [4.78, 5) is 32.4. The minimum atomic E-state index is -1.60. The highest BCUT2D eigenvalue weighted by atomic mass is 32.2. The first-order valence-electron chi connectivity index (χ1n) is 5.10. The third kappa shape index (κ3) is 2.80. The third-order valence-corrected chi connectivity index (χ3v) is 3.04. The zero-order chi connectivity index (χ0) is 14.7. The molecule has 0 aromatic carbocycles. The first-order chi connectivity index (χ1) is 9.49. The molecule has 20 heavy (non-hydrogen) atoms. The van der Waals surface area contributed by atoms with Gasteiger partial charge in [-0.2, -0.15) is 0 Å². The van der Waals surface area contributed by atoms with Gasteiger partial charge in [-0.05, 0) is 17.8 Å². The molecule has 0 saturated heterocycles. The summed E-state index contributed by atoms with van der Waals surface area (Å²) in [5, 5.41) is 21.9. The number of nitrogens with zero attached hydrogens (tertiary/aromatic N) is 4. The summed E-state index contributed by atoms with van der Waals surface area (Å²) >= 11 is 0.820. The van der Waals surface area contributed by atoms with Gasteiger partial charge >= 0.3 is 5.69 Å². The van der Waals surface area contributed by atoms with E-state index in [0.29, 0.717) is 0 Å². The normalized spacial score (nSPS) is 10.2. The second-order valence-electron chi connectivity index (χ2n) is 3.42. The van der Waals surface area contributed by atoms with Crippen molar-refractivity contribution < 1.29 is 14.8 Å². The number of carboxylic acid groups (broad SMARTS) is 1. The molecule has 0 aliphatic carbocycles. The van der Waals surface area contributed by atoms with Crippen LogP contribution in [0, 0.1) is 10.1 Å². The van der Waals surface area contributed by atoms with E-state index in [-0.39, 0.29) is 10.2 Å². The molecule has 0 radical (unpaired) electrons. The van der Waals surface area contributed by atoms with Crippen molar-refractivity contribution in [2.45, 2.75) is 10.2 Å². The maximum absolute atomic E-state index is 11.0. The highest BCUT2D eigenvalue weighted by Gasteiger charge is 2.19. The van der Waals surface area contributed by atoms with Gasteiger partial charge in [-0.1, -0.05) is 0 Å². The largest absolute Gasteiger partial charge is 0.545 e. The number of carbonyl (C=O) groups excluding carboxylic acids is 1. The predicted octanol–water partition coefficient (Wildman–Crippen LogP) is -0.123. The number of hydrogen-bond donors (Lipinski definition) is 1. The van der Waals surface area contributed by atoms with Gasteiger partial charge in [-0.3, -0.25) is 10.1 Å². The number of aromatic carboxylic acids is 1. The quantitative estimate of drug-likeness (QED) is 0.462. The number of nitro groups is 1. The SMILES string of the molecule is Nc1nc(Sc2ncccn2)c(C(=O)[O-])cc1[N+](=O)[O-]. The van der Waals surface area contributed by atoms with Crippen LogP contribution in [0.1, 0.15) is 10.4 Å². The number of hydrogen-bond acceptors (Lipinski definition) is 9. The van der Waals surface area contributed by atoms with Crippen molar-refractivity contribution in [1.82, 2.24) is 15.0 Å². The number of anilines is 1. The lowest BCUT2D eigenvalue weighted by Gasteiger charge is -2.09. The van der Waals surface area contributed by atoms with Crippen molar-refractivity contribution in [2.75, 3.05) is 5.73 Å². The summed E-state index contributed by atoms with van der Waals surface area (Å²) in [6.45, 7) is 0. The van der Waals surface area contributed by atoms with Crippen molar-refractivity contribution >= 4 is 29.2 Å². The van der Waals surface area contributed by atoms with E-state index in [1.807, 2.05) is 0 Å². The van der Waals surface area contributed by atoms with Crippen LogP contribution in [0.5, 0.6) is 0 Å². The summed E-state index contributed by atoms with van der Waals surface area (Å²) in [5.74, 6) is -1.99. The maximum Gasteiger partial charge on any atom is 0.311 e. The molecule has 2 aromatic rings. The Morgan fingerprint density at radius 3 is 2.55 bits per heavy atom. The number of pyridine rings is 1. The van der Waals surface area contributed by atoms with Crippen LogP contribution >= 0.6 is 11.8 Å². The number of aromatic nitrogens is 3. The molecule has 2 aromatic heterocycles. The molecule has 0 fully saturated rings. The molecule has 2 N–H and O–H groups in total. The molecule has 2 heterocycles. The van der Waals surface area contributed by atoms with Crippen molar-refractivity contribution in [1.29, 1.82) is 0 Å². The van der Waals surface area contributed by atoms with Crippen LogP contribution in [0.4, 0.5) is 11.5 Å². The lowest BCUT2D eigenvalue weighted by molar-refractivity contribution is -0.384. The lowest BCUT2D eigenvalue weighted by atomic mass is 10.2. The Morgan fingerprint density at radius 2 is 2.00 bits per heavy atom. The predicted molar refractivity (Wildman–Crippen MR) is 65.8 cm³/mol. The van der Waals surface area contributed by atoms with E-state index in [0.717, 1.165) is 17.8 Å². The van der Waals surface area contributed by atoms with Gasteiger partial charge in [0.05, 0.1) is 10.9 Å². The molecule has 102 valence electrons. The second-order valence-corrected chi connectivity index (χ2v) is 4.38. The fourth-order valence-electron chi connectivity index (χ4n) is 1.29. The number of carbonyl (C=O) groups is 1. The third-order valence-electron chi connectivity index (χ3n) is 2.14. The van der Waals surface area contributed by atoms with Crippen LogP contribution < -0.4 is 10.8 Å². The Morgan fingerprint density at radius 1 is 1.35 bits per heavy atom. The van der Waals surface area contributed by atoms with Crippen LogP contribution in [0.3, 0.4) is 0 Å². The molecule has 0 atom stereocenters. The Bertz CT molecular complexity index is 679. The van der Waals surface area contributed by atoms with E-state index >= 15 is 0 Å². The molecular weight excluding hydrogens is 286 g/mol. The molecule has 2 rings (SSSR count). The zero-order valence-corrected chi connectivity index (χ0v) is 10.5. The molecule has 0 bridgehead atoms. The van der Waals surface area contributed by atoms with Crippen LogP contribution in [0.15, 0.2) is 34.7 Å². The van der Waals surface area contributed by atoms with Gasteiger partial charge in [0.25, 0.3) is 0 Å². The number of nitrogens with two attached hydrogens (primary N) is 1. The van der Waals surface area contributed by atoms with Gasteiger partial charge in [0.1, 0.15) is 5.03 Å². The first kappa shape index (κ1) is 13.7. The topological polar surface area (TPSA) is 148 Å². The van der Waals surface area contributed by atoms with Crippen molar-refractivity contribution in [3.63, 3.8) is 0 Å². The summed E-state index contributed by atoms with van der Waals surface area (Å²) in [5.41, 5.74) is 4.39. The van der Waals surface area contributed by atoms with Crippen LogP contribution in [-0.2, 0) is 0 Å². The minimum Gasteiger partial charge on any atom is -0.545 e. The first-order valence-corrected chi connectivity index (χ1v) is 5.92. The lowest BCUT2D eigenvalue weighted by Crippen LogP contribution is -2.24. The fourth-order valence-corrected chi connectivity index (χ4v) is 2.09. The zero-order valence-electron chi connectivity index (χ0n) is 9.72. The van der Waals surface area contributed by atoms with Crippen molar-refractivity contribution in [3.8, 4) is 0 Å². The summed E-state index contributed by atoms with van der Waals surface area (Å²) in [6.07, 6.45) is 2.92. The van der Waals surface area contributed by atoms with Crippen molar-refractivity contribution in [2.24, 2.45) is 0 Å². The van der Waals surface area contributed by atoms with Crippen LogP contribution in [-0.4, -0.2) is 25.8 Å². The minimum absolute atomic E-state index is 0.0701. The molecule has 0 unspecified atom stereocenters. The van der Waals surface area contributed by atoms with E-state index < -0.39 is 28.0 Å². The second kappa shape index (κ2) is 5.48. The Kier molecular flexibility index (Phi) is 3.75.